The second-order valence-electron chi connectivity index (χ2n) is 5.13. The number of hydrogen-bond acceptors (Lipinski definition) is 7. The zero-order valence-corrected chi connectivity index (χ0v) is 14.5. The molecule has 8 heteroatoms. The summed E-state index contributed by atoms with van der Waals surface area (Å²) in [4.78, 5) is 10.8. The minimum Gasteiger partial charge on any atom is -0.491 e. The van der Waals surface area contributed by atoms with Crippen LogP contribution in [-0.4, -0.2) is 34.5 Å². The average molecular weight is 372 g/mol. The Bertz CT molecular complexity index is 836. The van der Waals surface area contributed by atoms with Crippen LogP contribution in [-0.2, 0) is 9.94 Å². The Kier molecular flexibility index (Phi) is 6.24. The molecule has 0 aliphatic rings. The molecule has 3 rings (SSSR count). The van der Waals surface area contributed by atoms with Gasteiger partial charge in [-0.15, -0.1) is 10.2 Å². The number of rotatable bonds is 9. The molecule has 0 aliphatic carbocycles. The Morgan fingerprint density at radius 3 is 2.54 bits per heavy atom. The number of carboxylic acids is 1. The van der Waals surface area contributed by atoms with Crippen molar-refractivity contribution in [2.75, 3.05) is 13.2 Å². The van der Waals surface area contributed by atoms with Crippen LogP contribution >= 0.6 is 12.0 Å². The van der Waals surface area contributed by atoms with E-state index >= 15 is 0 Å². The lowest BCUT2D eigenvalue weighted by atomic mass is 10.1. The number of nitrogens with zero attached hydrogens (tertiary/aromatic N) is 2. The predicted octanol–water partition coefficient (Wildman–Crippen LogP) is 3.68. The van der Waals surface area contributed by atoms with Gasteiger partial charge in [-0.3, -0.25) is 0 Å². The van der Waals surface area contributed by atoms with Gasteiger partial charge in [0.2, 0.25) is 11.8 Å². The third kappa shape index (κ3) is 5.08. The fourth-order valence-electron chi connectivity index (χ4n) is 2.05. The molecule has 0 fully saturated rings. The van der Waals surface area contributed by atoms with E-state index in [-0.39, 0.29) is 5.56 Å². The van der Waals surface area contributed by atoms with Crippen LogP contribution in [0.4, 0.5) is 0 Å². The molecule has 2 aromatic carbocycles. The normalized spacial score (nSPS) is 10.6. The highest BCUT2D eigenvalue weighted by Gasteiger charge is 2.10. The van der Waals surface area contributed by atoms with E-state index in [0.717, 1.165) is 5.75 Å². The molecular weight excluding hydrogens is 356 g/mol. The largest absolute Gasteiger partial charge is 0.491 e. The van der Waals surface area contributed by atoms with Gasteiger partial charge in [0.1, 0.15) is 12.4 Å². The number of carbonyl (C=O) groups is 1. The van der Waals surface area contributed by atoms with Crippen LogP contribution in [0.25, 0.3) is 11.5 Å². The van der Waals surface area contributed by atoms with Gasteiger partial charge in [0, 0.05) is 17.6 Å². The predicted molar refractivity (Wildman–Crippen MR) is 95.9 cm³/mol. The van der Waals surface area contributed by atoms with Crippen molar-refractivity contribution in [2.24, 2.45) is 0 Å². The summed E-state index contributed by atoms with van der Waals surface area (Å²) in [5, 5.41) is 16.8. The van der Waals surface area contributed by atoms with E-state index in [9.17, 15) is 4.79 Å². The highest BCUT2D eigenvalue weighted by atomic mass is 32.2. The van der Waals surface area contributed by atoms with E-state index in [1.54, 1.807) is 12.1 Å². The van der Waals surface area contributed by atoms with E-state index < -0.39 is 5.97 Å². The molecule has 0 spiro atoms. The number of hydrogen-bond donors (Lipinski definition) is 1. The highest BCUT2D eigenvalue weighted by Crippen LogP contribution is 2.21. The Morgan fingerprint density at radius 1 is 1.04 bits per heavy atom. The zero-order chi connectivity index (χ0) is 18.2. The summed E-state index contributed by atoms with van der Waals surface area (Å²) in [7, 11) is 0. The quantitative estimate of drug-likeness (QED) is 0.449. The third-order valence-corrected chi connectivity index (χ3v) is 3.99. The number of aromatic carboxylic acids is 1. The molecule has 0 atom stereocenters. The smallest absolute Gasteiger partial charge is 0.335 e. The molecule has 1 heterocycles. The van der Waals surface area contributed by atoms with Crippen LogP contribution in [0.3, 0.4) is 0 Å². The third-order valence-electron chi connectivity index (χ3n) is 3.29. The summed E-state index contributed by atoms with van der Waals surface area (Å²) in [6.07, 6.45) is 0. The fourth-order valence-corrected chi connectivity index (χ4v) is 2.53. The van der Waals surface area contributed by atoms with Crippen molar-refractivity contribution >= 4 is 18.0 Å². The molecule has 26 heavy (non-hydrogen) atoms. The lowest BCUT2D eigenvalue weighted by Gasteiger charge is -2.05. The average Bonchev–Trinajstić information content (AvgIpc) is 3.14. The van der Waals surface area contributed by atoms with Gasteiger partial charge in [-0.1, -0.05) is 18.2 Å². The Hall–Kier alpha value is -2.84. The van der Waals surface area contributed by atoms with E-state index in [0.29, 0.717) is 36.3 Å². The van der Waals surface area contributed by atoms with Gasteiger partial charge < -0.3 is 18.4 Å². The van der Waals surface area contributed by atoms with Crippen molar-refractivity contribution < 1.29 is 23.2 Å². The zero-order valence-electron chi connectivity index (χ0n) is 13.7. The Balaban J connectivity index is 1.40. The van der Waals surface area contributed by atoms with Crippen LogP contribution in [0.15, 0.2) is 59.0 Å². The van der Waals surface area contributed by atoms with Gasteiger partial charge in [0.15, 0.2) is 0 Å². The molecule has 1 N–H and O–H groups in total. The van der Waals surface area contributed by atoms with Gasteiger partial charge >= 0.3 is 5.97 Å². The van der Waals surface area contributed by atoms with E-state index in [1.807, 2.05) is 30.3 Å². The van der Waals surface area contributed by atoms with Gasteiger partial charge in [0.05, 0.1) is 17.9 Å². The molecule has 0 unspecified atom stereocenters. The number of carboxylic acid groups (broad SMARTS) is 1. The summed E-state index contributed by atoms with van der Waals surface area (Å²) in [5.41, 5.74) is 0.867. The number of ether oxygens (including phenoxy) is 1. The number of benzene rings is 2. The van der Waals surface area contributed by atoms with E-state index in [4.69, 9.17) is 18.4 Å². The first-order valence-corrected chi connectivity index (χ1v) is 8.72. The molecule has 0 aliphatic heterocycles. The van der Waals surface area contributed by atoms with Gasteiger partial charge in [-0.05, 0) is 36.4 Å². The topological polar surface area (TPSA) is 94.7 Å². The molecule has 1 aromatic heterocycles. The van der Waals surface area contributed by atoms with Crippen LogP contribution in [0, 0.1) is 0 Å². The Labute approximate surface area is 154 Å². The molecule has 134 valence electrons. The molecule has 7 nitrogen and oxygen atoms in total. The van der Waals surface area contributed by atoms with Crippen molar-refractivity contribution in [2.45, 2.75) is 5.75 Å². The maximum Gasteiger partial charge on any atom is 0.335 e. The molecule has 0 amide bonds. The molecule has 0 radical (unpaired) electrons. The second-order valence-corrected chi connectivity index (χ2v) is 5.89. The Morgan fingerprint density at radius 2 is 1.81 bits per heavy atom. The number of aromatic nitrogens is 2. The SMILES string of the molecule is O=C(O)c1ccc(-c2nnc(CSOCCOc3ccccc3)o2)cc1. The first-order chi connectivity index (χ1) is 12.7. The lowest BCUT2D eigenvalue weighted by molar-refractivity contribution is 0.0697. The summed E-state index contributed by atoms with van der Waals surface area (Å²) < 4.78 is 16.5. The van der Waals surface area contributed by atoms with Crippen molar-refractivity contribution in [3.63, 3.8) is 0 Å². The minimum absolute atomic E-state index is 0.204. The molecule has 0 bridgehead atoms. The van der Waals surface area contributed by atoms with Crippen LogP contribution in [0.5, 0.6) is 5.75 Å². The minimum atomic E-state index is -0.979. The summed E-state index contributed by atoms with van der Waals surface area (Å²) >= 11 is 1.20. The monoisotopic (exact) mass is 372 g/mol. The maximum atomic E-state index is 10.8. The second kappa shape index (κ2) is 9.02. The summed E-state index contributed by atoms with van der Waals surface area (Å²) in [5.74, 6) is 0.997. The van der Waals surface area contributed by atoms with Gasteiger partial charge in [0.25, 0.3) is 0 Å². The van der Waals surface area contributed by atoms with Gasteiger partial charge in [-0.25, -0.2) is 4.79 Å². The lowest BCUT2D eigenvalue weighted by Crippen LogP contribution is -2.03. The van der Waals surface area contributed by atoms with Crippen LogP contribution in [0.1, 0.15) is 16.2 Å². The molecule has 0 saturated heterocycles. The van der Waals surface area contributed by atoms with Crippen molar-refractivity contribution in [1.82, 2.24) is 10.2 Å². The molecule has 3 aromatic rings. The van der Waals surface area contributed by atoms with Crippen molar-refractivity contribution in [3.05, 3.63) is 66.1 Å². The fraction of sp³-hybridized carbons (Fsp3) is 0.167. The number of para-hydroxylation sites is 1. The first-order valence-electron chi connectivity index (χ1n) is 7.81. The van der Waals surface area contributed by atoms with Crippen molar-refractivity contribution in [1.29, 1.82) is 0 Å². The van der Waals surface area contributed by atoms with Crippen molar-refractivity contribution in [3.8, 4) is 17.2 Å². The van der Waals surface area contributed by atoms with Gasteiger partial charge in [-0.2, -0.15) is 0 Å². The summed E-state index contributed by atoms with van der Waals surface area (Å²) in [6.45, 7) is 0.874. The summed E-state index contributed by atoms with van der Waals surface area (Å²) in [6, 6.07) is 15.8. The molecule has 0 saturated carbocycles. The standard InChI is InChI=1S/C18H16N2O5S/c21-18(22)14-8-6-13(7-9-14)17-20-19-16(25-17)12-26-24-11-10-23-15-4-2-1-3-5-15/h1-9H,10-12H2,(H,21,22). The molecular formula is C18H16N2O5S. The maximum absolute atomic E-state index is 10.8. The van der Waals surface area contributed by atoms with E-state index in [1.165, 1.54) is 24.2 Å². The van der Waals surface area contributed by atoms with Crippen LogP contribution in [0.2, 0.25) is 0 Å². The first kappa shape index (κ1) is 18.0. The highest BCUT2D eigenvalue weighted by molar-refractivity contribution is 7.93. The van der Waals surface area contributed by atoms with Crippen LogP contribution < -0.4 is 4.74 Å². The van der Waals surface area contributed by atoms with E-state index in [2.05, 4.69) is 10.2 Å².